The molecule has 0 amide bonds. The highest BCUT2D eigenvalue weighted by atomic mass is 16.5. The second-order valence-electron chi connectivity index (χ2n) is 5.01. The third-order valence-corrected chi connectivity index (χ3v) is 4.02. The minimum Gasteiger partial charge on any atom is -0.497 e. The zero-order chi connectivity index (χ0) is 11.0. The summed E-state index contributed by atoms with van der Waals surface area (Å²) in [6.07, 6.45) is 5.91. The molecule has 0 heterocycles. The molecule has 16 heavy (non-hydrogen) atoms. The predicted octanol–water partition coefficient (Wildman–Crippen LogP) is 3.26. The van der Waals surface area contributed by atoms with Crippen LogP contribution >= 0.6 is 0 Å². The van der Waals surface area contributed by atoms with E-state index in [-0.39, 0.29) is 0 Å². The van der Waals surface area contributed by atoms with Crippen LogP contribution in [-0.4, -0.2) is 13.2 Å². The largest absolute Gasteiger partial charge is 0.497 e. The van der Waals surface area contributed by atoms with E-state index in [0.717, 1.165) is 23.3 Å². The van der Waals surface area contributed by atoms with Gasteiger partial charge in [0.2, 0.25) is 0 Å². The van der Waals surface area contributed by atoms with Crippen molar-refractivity contribution >= 4 is 0 Å². The molecule has 3 rings (SSSR count). The average Bonchev–Trinajstić information content (AvgIpc) is 2.92. The summed E-state index contributed by atoms with van der Waals surface area (Å²) in [6, 6.07) is 7.93. The lowest BCUT2D eigenvalue weighted by molar-refractivity contribution is 0.138. The van der Waals surface area contributed by atoms with Crippen LogP contribution in [0, 0.1) is 11.8 Å². The molecule has 2 heteroatoms. The summed E-state index contributed by atoms with van der Waals surface area (Å²) in [5.41, 5.74) is 0. The van der Waals surface area contributed by atoms with Gasteiger partial charge < -0.3 is 9.47 Å². The van der Waals surface area contributed by atoms with Crippen LogP contribution in [0.2, 0.25) is 0 Å². The molecule has 2 fully saturated rings. The number of ether oxygens (including phenoxy) is 2. The van der Waals surface area contributed by atoms with Crippen molar-refractivity contribution in [2.75, 3.05) is 7.11 Å². The van der Waals surface area contributed by atoms with Gasteiger partial charge in [-0.1, -0.05) is 0 Å². The molecule has 0 unspecified atom stereocenters. The fourth-order valence-electron chi connectivity index (χ4n) is 3.16. The minimum atomic E-state index is 0.465. The fourth-order valence-corrected chi connectivity index (χ4v) is 3.16. The SMILES string of the molecule is COc1ccc(O[C@H]2C[C@@H]3CC[C@H]2C3)cc1. The third kappa shape index (κ3) is 1.77. The van der Waals surface area contributed by atoms with Crippen molar-refractivity contribution in [3.05, 3.63) is 24.3 Å². The molecule has 86 valence electrons. The highest BCUT2D eigenvalue weighted by Crippen LogP contribution is 2.46. The van der Waals surface area contributed by atoms with Gasteiger partial charge >= 0.3 is 0 Å². The Morgan fingerprint density at radius 2 is 1.75 bits per heavy atom. The second kappa shape index (κ2) is 4.00. The van der Waals surface area contributed by atoms with Crippen LogP contribution in [0.1, 0.15) is 25.7 Å². The van der Waals surface area contributed by atoms with E-state index >= 15 is 0 Å². The molecule has 1 aromatic rings. The van der Waals surface area contributed by atoms with Crippen LogP contribution in [0.4, 0.5) is 0 Å². The van der Waals surface area contributed by atoms with Crippen molar-refractivity contribution in [3.63, 3.8) is 0 Å². The van der Waals surface area contributed by atoms with E-state index in [9.17, 15) is 0 Å². The molecule has 1 aromatic carbocycles. The Labute approximate surface area is 96.6 Å². The van der Waals surface area contributed by atoms with Gasteiger partial charge in [-0.15, -0.1) is 0 Å². The van der Waals surface area contributed by atoms with Gasteiger partial charge in [0.05, 0.1) is 7.11 Å². The van der Waals surface area contributed by atoms with Crippen molar-refractivity contribution in [2.24, 2.45) is 11.8 Å². The van der Waals surface area contributed by atoms with Crippen LogP contribution in [0.25, 0.3) is 0 Å². The highest BCUT2D eigenvalue weighted by molar-refractivity contribution is 5.31. The number of fused-ring (bicyclic) bond motifs is 2. The standard InChI is InChI=1S/C14H18O2/c1-15-12-4-6-13(7-5-12)16-14-9-10-2-3-11(14)8-10/h4-7,10-11,14H,2-3,8-9H2,1H3/t10-,11+,14+/m1/s1. The number of hydrogen-bond acceptors (Lipinski definition) is 2. The van der Waals surface area contributed by atoms with Gasteiger partial charge in [0, 0.05) is 0 Å². The van der Waals surface area contributed by atoms with Crippen LogP contribution in [0.15, 0.2) is 24.3 Å². The van der Waals surface area contributed by atoms with Crippen LogP contribution in [-0.2, 0) is 0 Å². The first-order valence-corrected chi connectivity index (χ1v) is 6.16. The summed E-state index contributed by atoms with van der Waals surface area (Å²) in [7, 11) is 1.69. The maximum Gasteiger partial charge on any atom is 0.120 e. The van der Waals surface area contributed by atoms with Crippen molar-refractivity contribution in [1.29, 1.82) is 0 Å². The third-order valence-electron chi connectivity index (χ3n) is 4.02. The van der Waals surface area contributed by atoms with E-state index in [4.69, 9.17) is 9.47 Å². The smallest absolute Gasteiger partial charge is 0.120 e. The molecule has 0 N–H and O–H groups in total. The van der Waals surface area contributed by atoms with Gasteiger partial charge in [-0.25, -0.2) is 0 Å². The second-order valence-corrected chi connectivity index (χ2v) is 5.01. The zero-order valence-electron chi connectivity index (χ0n) is 9.69. The number of hydrogen-bond donors (Lipinski definition) is 0. The monoisotopic (exact) mass is 218 g/mol. The van der Waals surface area contributed by atoms with Crippen LogP contribution in [0.5, 0.6) is 11.5 Å². The van der Waals surface area contributed by atoms with Crippen LogP contribution < -0.4 is 9.47 Å². The summed E-state index contributed by atoms with van der Waals surface area (Å²) < 4.78 is 11.2. The Hall–Kier alpha value is -1.18. The Morgan fingerprint density at radius 3 is 2.31 bits per heavy atom. The van der Waals surface area contributed by atoms with E-state index in [1.807, 2.05) is 24.3 Å². The minimum absolute atomic E-state index is 0.465. The average molecular weight is 218 g/mol. The molecule has 2 bridgehead atoms. The normalized spacial score (nSPS) is 31.7. The van der Waals surface area contributed by atoms with Crippen molar-refractivity contribution in [3.8, 4) is 11.5 Å². The Morgan fingerprint density at radius 1 is 1.00 bits per heavy atom. The summed E-state index contributed by atoms with van der Waals surface area (Å²) >= 11 is 0. The molecule has 2 saturated carbocycles. The quantitative estimate of drug-likeness (QED) is 0.775. The maximum atomic E-state index is 6.05. The van der Waals surface area contributed by atoms with E-state index in [1.54, 1.807) is 7.11 Å². The van der Waals surface area contributed by atoms with E-state index in [2.05, 4.69) is 0 Å². The van der Waals surface area contributed by atoms with Gasteiger partial charge in [0.15, 0.2) is 0 Å². The maximum absolute atomic E-state index is 6.05. The topological polar surface area (TPSA) is 18.5 Å². The summed E-state index contributed by atoms with van der Waals surface area (Å²) in [4.78, 5) is 0. The van der Waals surface area contributed by atoms with Crippen molar-refractivity contribution < 1.29 is 9.47 Å². The lowest BCUT2D eigenvalue weighted by Crippen LogP contribution is -2.23. The molecular formula is C14H18O2. The Bertz CT molecular complexity index is 358. The van der Waals surface area contributed by atoms with Gasteiger partial charge in [-0.2, -0.15) is 0 Å². The van der Waals surface area contributed by atoms with Gasteiger partial charge in [0.25, 0.3) is 0 Å². The molecule has 3 atom stereocenters. The van der Waals surface area contributed by atoms with Gasteiger partial charge in [-0.3, -0.25) is 0 Å². The molecular weight excluding hydrogens is 200 g/mol. The first-order valence-electron chi connectivity index (χ1n) is 6.16. The summed E-state index contributed by atoms with van der Waals surface area (Å²) in [5.74, 6) is 3.62. The molecule has 2 aliphatic carbocycles. The summed E-state index contributed by atoms with van der Waals surface area (Å²) in [6.45, 7) is 0. The molecule has 2 nitrogen and oxygen atoms in total. The predicted molar refractivity (Wildman–Crippen MR) is 62.9 cm³/mol. The van der Waals surface area contributed by atoms with Crippen molar-refractivity contribution in [1.82, 2.24) is 0 Å². The van der Waals surface area contributed by atoms with Crippen molar-refractivity contribution in [2.45, 2.75) is 31.8 Å². The fraction of sp³-hybridized carbons (Fsp3) is 0.571. The highest BCUT2D eigenvalue weighted by Gasteiger charge is 2.40. The Balaban J connectivity index is 1.65. The molecule has 0 saturated heterocycles. The zero-order valence-corrected chi connectivity index (χ0v) is 9.69. The lowest BCUT2D eigenvalue weighted by atomic mass is 9.98. The molecule has 0 radical (unpaired) electrons. The summed E-state index contributed by atoms with van der Waals surface area (Å²) in [5, 5.41) is 0. The Kier molecular flexibility index (Phi) is 2.50. The number of benzene rings is 1. The molecule has 0 spiro atoms. The van der Waals surface area contributed by atoms with E-state index < -0.39 is 0 Å². The number of methoxy groups -OCH3 is 1. The number of rotatable bonds is 3. The van der Waals surface area contributed by atoms with E-state index in [0.29, 0.717) is 6.10 Å². The molecule has 0 aromatic heterocycles. The molecule has 2 aliphatic rings. The first kappa shape index (κ1) is 10.0. The van der Waals surface area contributed by atoms with Gasteiger partial charge in [-0.05, 0) is 61.8 Å². The molecule has 0 aliphatic heterocycles. The first-order chi connectivity index (χ1) is 7.85. The van der Waals surface area contributed by atoms with E-state index in [1.165, 1.54) is 25.7 Å². The lowest BCUT2D eigenvalue weighted by Gasteiger charge is -2.23. The van der Waals surface area contributed by atoms with Crippen LogP contribution in [0.3, 0.4) is 0 Å². The van der Waals surface area contributed by atoms with Gasteiger partial charge in [0.1, 0.15) is 17.6 Å².